The minimum Gasteiger partial charge on any atom is -0.493 e. The standard InChI is InChI=1S/C19H23ClN2O4/c1-3-15(11-5-4-6-21-9-11)26-17-8-14-12(7-16(17)25-2)18(20)13(10-22-14)19(23)24/h7-8,10-11,15,21H,3-6,9H2,1-2H3,(H,23,24). The molecule has 0 bridgehead atoms. The number of ether oxygens (including phenoxy) is 2. The Labute approximate surface area is 157 Å². The van der Waals surface area contributed by atoms with Crippen LogP contribution in [0.15, 0.2) is 18.3 Å². The van der Waals surface area contributed by atoms with Crippen LogP contribution >= 0.6 is 11.6 Å². The molecule has 0 radical (unpaired) electrons. The Balaban J connectivity index is 1.97. The minimum atomic E-state index is -1.11. The number of carboxylic acids is 1. The molecule has 1 aromatic carbocycles. The summed E-state index contributed by atoms with van der Waals surface area (Å²) in [4.78, 5) is 15.5. The fraction of sp³-hybridized carbons (Fsp3) is 0.474. The summed E-state index contributed by atoms with van der Waals surface area (Å²) in [5, 5.41) is 13.3. The smallest absolute Gasteiger partial charge is 0.338 e. The molecule has 2 unspecified atom stereocenters. The molecular weight excluding hydrogens is 356 g/mol. The van der Waals surface area contributed by atoms with Gasteiger partial charge in [-0.05, 0) is 31.9 Å². The van der Waals surface area contributed by atoms with Gasteiger partial charge in [0.05, 0.1) is 23.2 Å². The van der Waals surface area contributed by atoms with Crippen LogP contribution in [0.4, 0.5) is 0 Å². The molecule has 0 saturated carbocycles. The van der Waals surface area contributed by atoms with Crippen LogP contribution < -0.4 is 14.8 Å². The number of hydrogen-bond donors (Lipinski definition) is 2. The van der Waals surface area contributed by atoms with Crippen molar-refractivity contribution in [2.75, 3.05) is 20.2 Å². The fourth-order valence-electron chi connectivity index (χ4n) is 3.44. The number of nitrogens with zero attached hydrogens (tertiary/aromatic N) is 1. The second-order valence-electron chi connectivity index (χ2n) is 6.48. The number of benzene rings is 1. The molecule has 0 amide bonds. The Hall–Kier alpha value is -2.05. The molecule has 1 aromatic heterocycles. The Morgan fingerprint density at radius 1 is 1.46 bits per heavy atom. The summed E-state index contributed by atoms with van der Waals surface area (Å²) >= 11 is 6.25. The average molecular weight is 379 g/mol. The summed E-state index contributed by atoms with van der Waals surface area (Å²) < 4.78 is 11.8. The lowest BCUT2D eigenvalue weighted by Gasteiger charge is -2.31. The molecule has 7 heteroatoms. The largest absolute Gasteiger partial charge is 0.493 e. The number of carbonyl (C=O) groups is 1. The van der Waals surface area contributed by atoms with Gasteiger partial charge in [-0.1, -0.05) is 18.5 Å². The van der Waals surface area contributed by atoms with Gasteiger partial charge in [-0.15, -0.1) is 0 Å². The van der Waals surface area contributed by atoms with Crippen LogP contribution in [0.25, 0.3) is 10.9 Å². The maximum absolute atomic E-state index is 11.3. The SMILES string of the molecule is CCC(Oc1cc2ncc(C(=O)O)c(Cl)c2cc1OC)C1CCCNC1. The van der Waals surface area contributed by atoms with Crippen LogP contribution in [0.5, 0.6) is 11.5 Å². The number of methoxy groups -OCH3 is 1. The summed E-state index contributed by atoms with van der Waals surface area (Å²) in [6.45, 7) is 4.11. The molecule has 1 aliphatic heterocycles. The van der Waals surface area contributed by atoms with Gasteiger partial charge in [0.25, 0.3) is 0 Å². The highest BCUT2D eigenvalue weighted by Gasteiger charge is 2.25. The van der Waals surface area contributed by atoms with E-state index in [4.69, 9.17) is 21.1 Å². The molecule has 1 fully saturated rings. The van der Waals surface area contributed by atoms with Crippen molar-refractivity contribution in [1.82, 2.24) is 10.3 Å². The first-order valence-corrected chi connectivity index (χ1v) is 9.19. The lowest BCUT2D eigenvalue weighted by atomic mass is 9.92. The maximum atomic E-state index is 11.3. The Morgan fingerprint density at radius 2 is 2.27 bits per heavy atom. The van der Waals surface area contributed by atoms with E-state index in [1.165, 1.54) is 6.20 Å². The molecule has 140 valence electrons. The van der Waals surface area contributed by atoms with Gasteiger partial charge in [-0.3, -0.25) is 4.98 Å². The summed E-state index contributed by atoms with van der Waals surface area (Å²) in [6, 6.07) is 3.46. The minimum absolute atomic E-state index is 0.0328. The van der Waals surface area contributed by atoms with Gasteiger partial charge in [0, 0.05) is 30.1 Å². The van der Waals surface area contributed by atoms with Crippen LogP contribution in [-0.2, 0) is 0 Å². The van der Waals surface area contributed by atoms with E-state index in [0.717, 1.165) is 32.4 Å². The van der Waals surface area contributed by atoms with E-state index in [1.54, 1.807) is 19.2 Å². The quantitative estimate of drug-likeness (QED) is 0.796. The van der Waals surface area contributed by atoms with Crippen LogP contribution in [0.1, 0.15) is 36.5 Å². The number of aromatic nitrogens is 1. The molecule has 2 aromatic rings. The van der Waals surface area contributed by atoms with Crippen molar-refractivity contribution >= 4 is 28.5 Å². The van der Waals surface area contributed by atoms with Gasteiger partial charge in [-0.25, -0.2) is 4.79 Å². The van der Waals surface area contributed by atoms with Crippen LogP contribution in [0.3, 0.4) is 0 Å². The highest BCUT2D eigenvalue weighted by Crippen LogP contribution is 2.37. The van der Waals surface area contributed by atoms with E-state index in [-0.39, 0.29) is 16.7 Å². The Morgan fingerprint density at radius 3 is 2.88 bits per heavy atom. The molecule has 1 aliphatic rings. The normalized spacial score (nSPS) is 18.5. The van der Waals surface area contributed by atoms with Crippen molar-refractivity contribution < 1.29 is 19.4 Å². The fourth-order valence-corrected chi connectivity index (χ4v) is 3.72. The summed E-state index contributed by atoms with van der Waals surface area (Å²) in [5.74, 6) is 0.453. The number of nitrogens with one attached hydrogen (secondary N) is 1. The van der Waals surface area contributed by atoms with E-state index in [2.05, 4.69) is 17.2 Å². The number of piperidine rings is 1. The van der Waals surface area contributed by atoms with E-state index >= 15 is 0 Å². The maximum Gasteiger partial charge on any atom is 0.338 e. The first-order chi connectivity index (χ1) is 12.5. The molecule has 26 heavy (non-hydrogen) atoms. The Kier molecular flexibility index (Phi) is 5.84. The molecular formula is C19H23ClN2O4. The molecule has 6 nitrogen and oxygen atoms in total. The van der Waals surface area contributed by atoms with E-state index in [0.29, 0.717) is 28.3 Å². The zero-order valence-corrected chi connectivity index (χ0v) is 15.7. The lowest BCUT2D eigenvalue weighted by Crippen LogP contribution is -2.39. The number of hydrogen-bond acceptors (Lipinski definition) is 5. The van der Waals surface area contributed by atoms with Crippen LogP contribution in [0.2, 0.25) is 5.02 Å². The number of rotatable bonds is 6. The van der Waals surface area contributed by atoms with E-state index in [1.807, 2.05) is 0 Å². The van der Waals surface area contributed by atoms with E-state index < -0.39 is 5.97 Å². The van der Waals surface area contributed by atoms with Gasteiger partial charge in [0.15, 0.2) is 11.5 Å². The molecule has 1 saturated heterocycles. The predicted molar refractivity (Wildman–Crippen MR) is 101 cm³/mol. The third-order valence-corrected chi connectivity index (χ3v) is 5.27. The van der Waals surface area contributed by atoms with Gasteiger partial charge in [0.1, 0.15) is 6.10 Å². The topological polar surface area (TPSA) is 80.7 Å². The third kappa shape index (κ3) is 3.71. The Bertz CT molecular complexity index is 806. The van der Waals surface area contributed by atoms with E-state index in [9.17, 15) is 9.90 Å². The predicted octanol–water partition coefficient (Wildman–Crippen LogP) is 3.75. The second-order valence-corrected chi connectivity index (χ2v) is 6.86. The number of halogens is 1. The number of pyridine rings is 1. The number of fused-ring (bicyclic) bond motifs is 1. The van der Waals surface area contributed by atoms with Gasteiger partial charge < -0.3 is 19.9 Å². The summed E-state index contributed by atoms with van der Waals surface area (Å²) in [6.07, 6.45) is 4.51. The lowest BCUT2D eigenvalue weighted by molar-refractivity contribution is 0.0697. The molecule has 0 aliphatic carbocycles. The average Bonchev–Trinajstić information content (AvgIpc) is 2.66. The van der Waals surface area contributed by atoms with Crippen LogP contribution in [-0.4, -0.2) is 42.4 Å². The molecule has 2 heterocycles. The van der Waals surface area contributed by atoms with Crippen molar-refractivity contribution in [2.24, 2.45) is 5.92 Å². The molecule has 0 spiro atoms. The van der Waals surface area contributed by atoms with Crippen molar-refractivity contribution in [2.45, 2.75) is 32.3 Å². The van der Waals surface area contributed by atoms with Crippen molar-refractivity contribution in [3.05, 3.63) is 28.9 Å². The molecule has 2 atom stereocenters. The van der Waals surface area contributed by atoms with Crippen molar-refractivity contribution in [3.8, 4) is 11.5 Å². The summed E-state index contributed by atoms with van der Waals surface area (Å²) in [7, 11) is 1.56. The summed E-state index contributed by atoms with van der Waals surface area (Å²) in [5.41, 5.74) is 0.544. The highest BCUT2D eigenvalue weighted by molar-refractivity contribution is 6.38. The molecule has 3 rings (SSSR count). The second kappa shape index (κ2) is 8.10. The van der Waals surface area contributed by atoms with Crippen molar-refractivity contribution in [3.63, 3.8) is 0 Å². The highest BCUT2D eigenvalue weighted by atomic mass is 35.5. The van der Waals surface area contributed by atoms with Crippen LogP contribution in [0, 0.1) is 5.92 Å². The van der Waals surface area contributed by atoms with Gasteiger partial charge in [-0.2, -0.15) is 0 Å². The number of carboxylic acid groups (broad SMARTS) is 1. The first kappa shape index (κ1) is 18.7. The monoisotopic (exact) mass is 378 g/mol. The first-order valence-electron chi connectivity index (χ1n) is 8.82. The number of aromatic carboxylic acids is 1. The molecule has 2 N–H and O–H groups in total. The third-order valence-electron chi connectivity index (χ3n) is 4.86. The zero-order chi connectivity index (χ0) is 18.7. The zero-order valence-electron chi connectivity index (χ0n) is 14.9. The van der Waals surface area contributed by atoms with Gasteiger partial charge in [0.2, 0.25) is 0 Å². The van der Waals surface area contributed by atoms with Gasteiger partial charge >= 0.3 is 5.97 Å². The van der Waals surface area contributed by atoms with Crippen molar-refractivity contribution in [1.29, 1.82) is 0 Å².